The molecule has 0 fully saturated rings. The van der Waals surface area contributed by atoms with Gasteiger partial charge in [0.2, 0.25) is 0 Å². The van der Waals surface area contributed by atoms with Gasteiger partial charge in [0.05, 0.1) is 6.61 Å². The van der Waals surface area contributed by atoms with E-state index < -0.39 is 0 Å². The standard InChI is InChI=1S/C13H15NO2S/c15-7-8-16-12-5-3-11(4-6-12)14-10-13-2-1-9-17-13/h1-6,9,14-15H,7-8,10H2. The van der Waals surface area contributed by atoms with Crippen molar-refractivity contribution in [1.82, 2.24) is 0 Å². The van der Waals surface area contributed by atoms with Crippen molar-refractivity contribution in [3.05, 3.63) is 46.7 Å². The van der Waals surface area contributed by atoms with Crippen LogP contribution in [-0.2, 0) is 6.54 Å². The largest absolute Gasteiger partial charge is 0.491 e. The summed E-state index contributed by atoms with van der Waals surface area (Å²) in [6.45, 7) is 1.22. The lowest BCUT2D eigenvalue weighted by Gasteiger charge is -2.07. The Kier molecular flexibility index (Phi) is 4.41. The second-order valence-corrected chi connectivity index (χ2v) is 4.56. The van der Waals surface area contributed by atoms with Crippen molar-refractivity contribution >= 4 is 17.0 Å². The minimum absolute atomic E-state index is 0.0401. The first-order valence-electron chi connectivity index (χ1n) is 5.48. The Labute approximate surface area is 105 Å². The number of ether oxygens (including phenoxy) is 1. The fourth-order valence-corrected chi connectivity index (χ4v) is 2.08. The first kappa shape index (κ1) is 12.0. The molecule has 0 amide bonds. The molecule has 0 aliphatic rings. The van der Waals surface area contributed by atoms with Gasteiger partial charge in [-0.2, -0.15) is 0 Å². The molecule has 17 heavy (non-hydrogen) atoms. The van der Waals surface area contributed by atoms with Gasteiger partial charge >= 0.3 is 0 Å². The second kappa shape index (κ2) is 6.27. The third-order valence-electron chi connectivity index (χ3n) is 2.26. The summed E-state index contributed by atoms with van der Waals surface area (Å²) in [7, 11) is 0. The molecule has 0 unspecified atom stereocenters. The summed E-state index contributed by atoms with van der Waals surface area (Å²) in [5.41, 5.74) is 1.06. The summed E-state index contributed by atoms with van der Waals surface area (Å²) in [5, 5.41) is 14.0. The Balaban J connectivity index is 1.85. The summed E-state index contributed by atoms with van der Waals surface area (Å²) in [6.07, 6.45) is 0. The van der Waals surface area contributed by atoms with Crippen LogP contribution in [0, 0.1) is 0 Å². The van der Waals surface area contributed by atoms with Crippen LogP contribution in [0.15, 0.2) is 41.8 Å². The van der Waals surface area contributed by atoms with Crippen LogP contribution >= 0.6 is 11.3 Å². The summed E-state index contributed by atoms with van der Waals surface area (Å²) in [4.78, 5) is 1.31. The molecule has 0 aliphatic carbocycles. The van der Waals surface area contributed by atoms with Gasteiger partial charge in [-0.05, 0) is 35.7 Å². The van der Waals surface area contributed by atoms with Crippen LogP contribution < -0.4 is 10.1 Å². The number of thiophene rings is 1. The van der Waals surface area contributed by atoms with Crippen molar-refractivity contribution < 1.29 is 9.84 Å². The van der Waals surface area contributed by atoms with Gasteiger partial charge in [-0.15, -0.1) is 11.3 Å². The van der Waals surface area contributed by atoms with E-state index in [1.165, 1.54) is 4.88 Å². The van der Waals surface area contributed by atoms with Crippen LogP contribution in [0.5, 0.6) is 5.75 Å². The summed E-state index contributed by atoms with van der Waals surface area (Å²) in [5.74, 6) is 0.778. The zero-order valence-electron chi connectivity index (χ0n) is 9.43. The predicted molar refractivity (Wildman–Crippen MR) is 70.7 cm³/mol. The van der Waals surface area contributed by atoms with Crippen LogP contribution in [-0.4, -0.2) is 18.3 Å². The van der Waals surface area contributed by atoms with Gasteiger partial charge in [0.15, 0.2) is 0 Å². The van der Waals surface area contributed by atoms with Crippen LogP contribution in [0.1, 0.15) is 4.88 Å². The molecule has 2 N–H and O–H groups in total. The molecule has 1 aromatic carbocycles. The molecular weight excluding hydrogens is 234 g/mol. The highest BCUT2D eigenvalue weighted by molar-refractivity contribution is 7.09. The van der Waals surface area contributed by atoms with E-state index in [1.54, 1.807) is 11.3 Å². The number of hydrogen-bond acceptors (Lipinski definition) is 4. The van der Waals surface area contributed by atoms with E-state index in [-0.39, 0.29) is 6.61 Å². The molecule has 0 radical (unpaired) electrons. The van der Waals surface area contributed by atoms with Gasteiger partial charge in [0.1, 0.15) is 12.4 Å². The smallest absolute Gasteiger partial charge is 0.119 e. The van der Waals surface area contributed by atoms with Crippen LogP contribution in [0.3, 0.4) is 0 Å². The number of nitrogens with one attached hydrogen (secondary N) is 1. The van der Waals surface area contributed by atoms with Gasteiger partial charge in [-0.1, -0.05) is 6.07 Å². The SMILES string of the molecule is OCCOc1ccc(NCc2cccs2)cc1. The third kappa shape index (κ3) is 3.76. The fourth-order valence-electron chi connectivity index (χ4n) is 1.43. The van der Waals surface area contributed by atoms with Gasteiger partial charge in [0, 0.05) is 17.1 Å². The Bertz CT molecular complexity index is 425. The van der Waals surface area contributed by atoms with Crippen molar-refractivity contribution in [1.29, 1.82) is 0 Å². The van der Waals surface area contributed by atoms with Gasteiger partial charge in [-0.3, -0.25) is 0 Å². The Morgan fingerprint density at radius 3 is 2.65 bits per heavy atom. The van der Waals surface area contributed by atoms with E-state index in [0.717, 1.165) is 18.0 Å². The molecule has 3 nitrogen and oxygen atoms in total. The maximum atomic E-state index is 8.64. The minimum atomic E-state index is 0.0401. The molecule has 0 saturated carbocycles. The van der Waals surface area contributed by atoms with E-state index in [0.29, 0.717) is 6.61 Å². The average molecular weight is 249 g/mol. The fraction of sp³-hybridized carbons (Fsp3) is 0.231. The number of benzene rings is 1. The molecule has 0 aliphatic heterocycles. The zero-order valence-corrected chi connectivity index (χ0v) is 10.2. The molecule has 4 heteroatoms. The predicted octanol–water partition coefficient (Wildman–Crippen LogP) is 2.73. The van der Waals surface area contributed by atoms with Crippen molar-refractivity contribution in [3.63, 3.8) is 0 Å². The van der Waals surface area contributed by atoms with Crippen molar-refractivity contribution in [2.24, 2.45) is 0 Å². The molecule has 1 heterocycles. The Morgan fingerprint density at radius 1 is 1.18 bits per heavy atom. The lowest BCUT2D eigenvalue weighted by atomic mass is 10.3. The van der Waals surface area contributed by atoms with E-state index in [4.69, 9.17) is 9.84 Å². The number of aliphatic hydroxyl groups excluding tert-OH is 1. The normalized spacial score (nSPS) is 10.2. The number of rotatable bonds is 6. The molecule has 0 bridgehead atoms. The van der Waals surface area contributed by atoms with Crippen molar-refractivity contribution in [2.75, 3.05) is 18.5 Å². The van der Waals surface area contributed by atoms with E-state index in [9.17, 15) is 0 Å². The number of hydrogen-bond donors (Lipinski definition) is 2. The summed E-state index contributed by atoms with van der Waals surface area (Å²) >= 11 is 1.74. The maximum Gasteiger partial charge on any atom is 0.119 e. The molecular formula is C13H15NO2S. The highest BCUT2D eigenvalue weighted by atomic mass is 32.1. The first-order valence-corrected chi connectivity index (χ1v) is 6.36. The first-order chi connectivity index (χ1) is 8.38. The topological polar surface area (TPSA) is 41.5 Å². The number of aliphatic hydroxyl groups is 1. The lowest BCUT2D eigenvalue weighted by Crippen LogP contribution is -2.02. The molecule has 2 aromatic rings. The van der Waals surface area contributed by atoms with Gasteiger partial charge in [0.25, 0.3) is 0 Å². The zero-order chi connectivity index (χ0) is 11.9. The summed E-state index contributed by atoms with van der Waals surface area (Å²) < 4.78 is 5.28. The van der Waals surface area contributed by atoms with Gasteiger partial charge < -0.3 is 15.2 Å². The molecule has 2 rings (SSSR count). The quantitative estimate of drug-likeness (QED) is 0.827. The van der Waals surface area contributed by atoms with Crippen LogP contribution in [0.25, 0.3) is 0 Å². The van der Waals surface area contributed by atoms with E-state index in [1.807, 2.05) is 30.3 Å². The highest BCUT2D eigenvalue weighted by Crippen LogP contribution is 2.17. The van der Waals surface area contributed by atoms with E-state index in [2.05, 4.69) is 16.8 Å². The molecule has 1 aromatic heterocycles. The molecule has 0 atom stereocenters. The molecule has 0 saturated heterocycles. The van der Waals surface area contributed by atoms with Crippen molar-refractivity contribution in [3.8, 4) is 5.75 Å². The van der Waals surface area contributed by atoms with Gasteiger partial charge in [-0.25, -0.2) is 0 Å². The average Bonchev–Trinajstić information content (AvgIpc) is 2.88. The third-order valence-corrected chi connectivity index (χ3v) is 3.14. The Hall–Kier alpha value is -1.52. The summed E-state index contributed by atoms with van der Waals surface area (Å²) in [6, 6.07) is 11.9. The maximum absolute atomic E-state index is 8.64. The highest BCUT2D eigenvalue weighted by Gasteiger charge is 1.96. The second-order valence-electron chi connectivity index (χ2n) is 3.53. The lowest BCUT2D eigenvalue weighted by molar-refractivity contribution is 0.201. The molecule has 0 spiro atoms. The van der Waals surface area contributed by atoms with E-state index >= 15 is 0 Å². The minimum Gasteiger partial charge on any atom is -0.491 e. The molecule has 90 valence electrons. The van der Waals surface area contributed by atoms with Crippen LogP contribution in [0.4, 0.5) is 5.69 Å². The number of anilines is 1. The Morgan fingerprint density at radius 2 is 2.00 bits per heavy atom. The van der Waals surface area contributed by atoms with Crippen molar-refractivity contribution in [2.45, 2.75) is 6.54 Å². The van der Waals surface area contributed by atoms with Crippen LogP contribution in [0.2, 0.25) is 0 Å². The monoisotopic (exact) mass is 249 g/mol.